The van der Waals surface area contributed by atoms with Crippen LogP contribution < -0.4 is 10.1 Å². The Kier molecular flexibility index (Phi) is 4.39. The first kappa shape index (κ1) is 14.5. The van der Waals surface area contributed by atoms with Crippen molar-refractivity contribution in [3.8, 4) is 5.75 Å². The van der Waals surface area contributed by atoms with Crippen molar-refractivity contribution in [1.82, 2.24) is 15.5 Å². The predicted molar refractivity (Wildman–Crippen MR) is 76.4 cm³/mol. The number of ether oxygens (including phenoxy) is 1. The summed E-state index contributed by atoms with van der Waals surface area (Å²) >= 11 is 0. The van der Waals surface area contributed by atoms with E-state index in [0.29, 0.717) is 18.9 Å². The van der Waals surface area contributed by atoms with Gasteiger partial charge in [-0.15, -0.1) is 0 Å². The second kappa shape index (κ2) is 6.05. The minimum Gasteiger partial charge on any atom is -0.484 e. The fraction of sp³-hybridized carbons (Fsp3) is 0.467. The third kappa shape index (κ3) is 4.35. The van der Waals surface area contributed by atoms with Crippen molar-refractivity contribution in [3.05, 3.63) is 41.5 Å². The third-order valence-corrected chi connectivity index (χ3v) is 2.74. The number of nitrogens with zero attached hydrogens (tertiary/aromatic N) is 2. The van der Waals surface area contributed by atoms with E-state index >= 15 is 0 Å². The van der Waals surface area contributed by atoms with Crippen LogP contribution in [0.4, 0.5) is 0 Å². The molecule has 2 heterocycles. The van der Waals surface area contributed by atoms with Crippen molar-refractivity contribution in [2.75, 3.05) is 0 Å². The highest BCUT2D eigenvalue weighted by Crippen LogP contribution is 2.16. The van der Waals surface area contributed by atoms with Crippen LogP contribution in [0.3, 0.4) is 0 Å². The monoisotopic (exact) mass is 275 g/mol. The second-order valence-electron chi connectivity index (χ2n) is 5.76. The molecule has 0 saturated heterocycles. The van der Waals surface area contributed by atoms with Crippen molar-refractivity contribution in [1.29, 1.82) is 0 Å². The molecule has 0 aliphatic heterocycles. The maximum atomic E-state index is 5.66. The van der Waals surface area contributed by atoms with Gasteiger partial charge in [0, 0.05) is 24.3 Å². The van der Waals surface area contributed by atoms with Gasteiger partial charge in [-0.1, -0.05) is 5.16 Å². The van der Waals surface area contributed by atoms with Gasteiger partial charge in [-0.25, -0.2) is 0 Å². The van der Waals surface area contributed by atoms with Gasteiger partial charge in [0.1, 0.15) is 12.4 Å². The molecule has 5 heteroatoms. The molecular weight excluding hydrogens is 254 g/mol. The van der Waals surface area contributed by atoms with Crippen LogP contribution in [0.5, 0.6) is 5.75 Å². The highest BCUT2D eigenvalue weighted by atomic mass is 16.5. The van der Waals surface area contributed by atoms with E-state index in [1.54, 1.807) is 6.20 Å². The molecule has 0 spiro atoms. The molecule has 0 bridgehead atoms. The molecule has 0 unspecified atom stereocenters. The SMILES string of the molecule is Cc1ncccc1OCc1cc(CNC(C)(C)C)no1. The molecule has 0 aliphatic carbocycles. The second-order valence-corrected chi connectivity index (χ2v) is 5.76. The predicted octanol–water partition coefficient (Wildman–Crippen LogP) is 2.85. The van der Waals surface area contributed by atoms with Gasteiger partial charge < -0.3 is 14.6 Å². The van der Waals surface area contributed by atoms with Crippen molar-refractivity contribution in [2.24, 2.45) is 0 Å². The summed E-state index contributed by atoms with van der Waals surface area (Å²) in [5.41, 5.74) is 1.80. The summed E-state index contributed by atoms with van der Waals surface area (Å²) in [7, 11) is 0. The maximum absolute atomic E-state index is 5.66. The molecule has 2 aromatic rings. The molecule has 2 rings (SSSR count). The molecule has 20 heavy (non-hydrogen) atoms. The van der Waals surface area contributed by atoms with E-state index in [1.807, 2.05) is 25.1 Å². The lowest BCUT2D eigenvalue weighted by Gasteiger charge is -2.19. The lowest BCUT2D eigenvalue weighted by molar-refractivity contribution is 0.246. The van der Waals surface area contributed by atoms with Crippen LogP contribution in [-0.2, 0) is 13.2 Å². The lowest BCUT2D eigenvalue weighted by atomic mass is 10.1. The van der Waals surface area contributed by atoms with Crippen LogP contribution in [0, 0.1) is 6.92 Å². The Balaban J connectivity index is 1.89. The first-order valence-electron chi connectivity index (χ1n) is 6.68. The van der Waals surface area contributed by atoms with E-state index in [9.17, 15) is 0 Å². The fourth-order valence-electron chi connectivity index (χ4n) is 1.63. The normalized spacial score (nSPS) is 11.6. The van der Waals surface area contributed by atoms with Gasteiger partial charge >= 0.3 is 0 Å². The molecule has 0 radical (unpaired) electrons. The van der Waals surface area contributed by atoms with Crippen LogP contribution in [0.2, 0.25) is 0 Å². The Morgan fingerprint density at radius 3 is 2.85 bits per heavy atom. The number of hydrogen-bond donors (Lipinski definition) is 1. The zero-order valence-corrected chi connectivity index (χ0v) is 12.4. The number of hydrogen-bond acceptors (Lipinski definition) is 5. The van der Waals surface area contributed by atoms with Crippen molar-refractivity contribution >= 4 is 0 Å². The number of nitrogens with one attached hydrogen (secondary N) is 1. The Bertz CT molecular complexity index is 558. The van der Waals surface area contributed by atoms with E-state index < -0.39 is 0 Å². The van der Waals surface area contributed by atoms with Crippen LogP contribution in [0.1, 0.15) is 37.9 Å². The average molecular weight is 275 g/mol. The van der Waals surface area contributed by atoms with E-state index in [1.165, 1.54) is 0 Å². The highest BCUT2D eigenvalue weighted by Gasteiger charge is 2.11. The number of pyridine rings is 1. The topological polar surface area (TPSA) is 60.2 Å². The van der Waals surface area contributed by atoms with Gasteiger partial charge in [0.05, 0.1) is 11.4 Å². The maximum Gasteiger partial charge on any atom is 0.174 e. The van der Waals surface area contributed by atoms with Gasteiger partial charge in [-0.05, 0) is 39.8 Å². The van der Waals surface area contributed by atoms with Crippen LogP contribution >= 0.6 is 0 Å². The van der Waals surface area contributed by atoms with Gasteiger partial charge in [0.25, 0.3) is 0 Å². The zero-order valence-electron chi connectivity index (χ0n) is 12.4. The van der Waals surface area contributed by atoms with E-state index in [2.05, 4.69) is 36.2 Å². The van der Waals surface area contributed by atoms with Gasteiger partial charge in [-0.3, -0.25) is 4.98 Å². The van der Waals surface area contributed by atoms with Crippen LogP contribution in [-0.4, -0.2) is 15.7 Å². The summed E-state index contributed by atoms with van der Waals surface area (Å²) in [6, 6.07) is 5.65. The summed E-state index contributed by atoms with van der Waals surface area (Å²) in [6.45, 7) is 9.29. The Morgan fingerprint density at radius 2 is 2.15 bits per heavy atom. The van der Waals surface area contributed by atoms with E-state index in [-0.39, 0.29) is 5.54 Å². The number of aryl methyl sites for hydroxylation is 1. The van der Waals surface area contributed by atoms with Crippen molar-refractivity contribution < 1.29 is 9.26 Å². The molecule has 108 valence electrons. The molecule has 0 saturated carbocycles. The molecule has 5 nitrogen and oxygen atoms in total. The van der Waals surface area contributed by atoms with Crippen molar-refractivity contribution in [2.45, 2.75) is 46.4 Å². The third-order valence-electron chi connectivity index (χ3n) is 2.74. The summed E-state index contributed by atoms with van der Waals surface area (Å²) in [6.07, 6.45) is 1.74. The largest absolute Gasteiger partial charge is 0.484 e. The summed E-state index contributed by atoms with van der Waals surface area (Å²) in [5.74, 6) is 1.47. The number of aromatic nitrogens is 2. The first-order chi connectivity index (χ1) is 9.44. The standard InChI is InChI=1S/C15H21N3O2/c1-11-14(6-5-7-16-11)19-10-13-8-12(18-20-13)9-17-15(2,3)4/h5-8,17H,9-10H2,1-4H3. The Morgan fingerprint density at radius 1 is 1.35 bits per heavy atom. The molecule has 0 aliphatic rings. The molecular formula is C15H21N3O2. The van der Waals surface area contributed by atoms with Crippen LogP contribution in [0.25, 0.3) is 0 Å². The fourth-order valence-corrected chi connectivity index (χ4v) is 1.63. The molecule has 0 fully saturated rings. The smallest absolute Gasteiger partial charge is 0.174 e. The van der Waals surface area contributed by atoms with Crippen LogP contribution in [0.15, 0.2) is 28.9 Å². The molecule has 0 atom stereocenters. The van der Waals surface area contributed by atoms with E-state index in [0.717, 1.165) is 17.1 Å². The minimum atomic E-state index is 0.0580. The zero-order chi connectivity index (χ0) is 14.6. The molecule has 0 amide bonds. The Hall–Kier alpha value is -1.88. The highest BCUT2D eigenvalue weighted by molar-refractivity contribution is 5.25. The first-order valence-corrected chi connectivity index (χ1v) is 6.68. The van der Waals surface area contributed by atoms with Crippen molar-refractivity contribution in [3.63, 3.8) is 0 Å². The summed E-state index contributed by atoms with van der Waals surface area (Å²) in [4.78, 5) is 4.17. The van der Waals surface area contributed by atoms with Gasteiger partial charge in [0.15, 0.2) is 5.76 Å². The number of rotatable bonds is 5. The molecule has 1 N–H and O–H groups in total. The summed E-state index contributed by atoms with van der Waals surface area (Å²) in [5, 5.41) is 7.38. The average Bonchev–Trinajstić information content (AvgIpc) is 2.83. The van der Waals surface area contributed by atoms with Gasteiger partial charge in [-0.2, -0.15) is 0 Å². The van der Waals surface area contributed by atoms with E-state index in [4.69, 9.17) is 9.26 Å². The molecule has 2 aromatic heterocycles. The minimum absolute atomic E-state index is 0.0580. The molecule has 0 aromatic carbocycles. The van der Waals surface area contributed by atoms with Gasteiger partial charge in [0.2, 0.25) is 0 Å². The Labute approximate surface area is 119 Å². The summed E-state index contributed by atoms with van der Waals surface area (Å²) < 4.78 is 10.9. The lowest BCUT2D eigenvalue weighted by Crippen LogP contribution is -2.35. The quantitative estimate of drug-likeness (QED) is 0.909.